The van der Waals surface area contributed by atoms with Crippen LogP contribution in [-0.4, -0.2) is 42.5 Å². The lowest BCUT2D eigenvalue weighted by Gasteiger charge is -2.46. The van der Waals surface area contributed by atoms with Crippen molar-refractivity contribution in [2.75, 3.05) is 13.7 Å². The molecule has 0 aromatic heterocycles. The van der Waals surface area contributed by atoms with Crippen molar-refractivity contribution in [3.05, 3.63) is 0 Å². The number of carbonyl (C=O) groups excluding carboxylic acids is 1. The minimum Gasteiger partial charge on any atom is -0.381 e. The topological polar surface area (TPSA) is 29.5 Å². The van der Waals surface area contributed by atoms with E-state index in [9.17, 15) is 4.79 Å². The fourth-order valence-electron chi connectivity index (χ4n) is 4.75. The number of Topliss-reactive ketones (excluding diaryl/α,β-unsaturated/α-hetero) is 1. The number of carbonyl (C=O) groups is 1. The molecule has 2 saturated carbocycles. The van der Waals surface area contributed by atoms with Crippen molar-refractivity contribution in [1.82, 2.24) is 4.90 Å². The molecule has 0 bridgehead atoms. The number of piperidine rings is 1. The van der Waals surface area contributed by atoms with Gasteiger partial charge in [0.05, 0.1) is 6.10 Å². The summed E-state index contributed by atoms with van der Waals surface area (Å²) in [5, 5.41) is 0. The summed E-state index contributed by atoms with van der Waals surface area (Å²) in [6.07, 6.45) is 12.4. The third kappa shape index (κ3) is 2.94. The van der Waals surface area contributed by atoms with Crippen LogP contribution < -0.4 is 0 Å². The molecule has 1 saturated heterocycles. The summed E-state index contributed by atoms with van der Waals surface area (Å²) in [6, 6.07) is 1.20. The normalized spacial score (nSPS) is 40.1. The average molecular weight is 279 g/mol. The zero-order chi connectivity index (χ0) is 13.9. The highest BCUT2D eigenvalue weighted by molar-refractivity contribution is 5.83. The molecule has 1 aliphatic heterocycles. The van der Waals surface area contributed by atoms with Gasteiger partial charge in [0.25, 0.3) is 0 Å². The van der Waals surface area contributed by atoms with Crippen molar-refractivity contribution < 1.29 is 9.53 Å². The number of rotatable bonds is 3. The first-order valence-electron chi connectivity index (χ1n) is 8.61. The Kier molecular flexibility index (Phi) is 4.77. The SMILES string of the molecule is COC1CCCC(N2CCCCC2C2CCCC2=O)C1. The first-order valence-corrected chi connectivity index (χ1v) is 8.61. The Bertz CT molecular complexity index is 344. The maximum atomic E-state index is 12.2. The predicted molar refractivity (Wildman–Crippen MR) is 79.7 cm³/mol. The number of ketones is 1. The molecule has 1 heterocycles. The summed E-state index contributed by atoms with van der Waals surface area (Å²) in [6.45, 7) is 1.20. The van der Waals surface area contributed by atoms with Gasteiger partial charge in [-0.1, -0.05) is 6.42 Å². The minimum absolute atomic E-state index is 0.346. The van der Waals surface area contributed by atoms with Crippen LogP contribution in [0.5, 0.6) is 0 Å². The summed E-state index contributed by atoms with van der Waals surface area (Å²) < 4.78 is 5.60. The van der Waals surface area contributed by atoms with Crippen molar-refractivity contribution in [1.29, 1.82) is 0 Å². The van der Waals surface area contributed by atoms with Gasteiger partial charge in [0.15, 0.2) is 0 Å². The van der Waals surface area contributed by atoms with E-state index in [2.05, 4.69) is 4.90 Å². The number of likely N-dealkylation sites (tertiary alicyclic amines) is 1. The number of hydrogen-bond acceptors (Lipinski definition) is 3. The van der Waals surface area contributed by atoms with Crippen LogP contribution in [0.1, 0.15) is 64.2 Å². The van der Waals surface area contributed by atoms with Gasteiger partial charge in [0, 0.05) is 31.5 Å². The molecule has 3 aliphatic rings. The van der Waals surface area contributed by atoms with E-state index < -0.39 is 0 Å². The van der Waals surface area contributed by atoms with E-state index >= 15 is 0 Å². The van der Waals surface area contributed by atoms with Crippen LogP contribution in [0, 0.1) is 5.92 Å². The summed E-state index contributed by atoms with van der Waals surface area (Å²) in [5.74, 6) is 0.888. The molecule has 4 unspecified atom stereocenters. The molecule has 20 heavy (non-hydrogen) atoms. The highest BCUT2D eigenvalue weighted by Gasteiger charge is 2.40. The van der Waals surface area contributed by atoms with E-state index in [4.69, 9.17) is 4.74 Å². The van der Waals surface area contributed by atoms with E-state index in [0.29, 0.717) is 29.9 Å². The minimum atomic E-state index is 0.346. The Labute approximate surface area is 123 Å². The molecule has 0 aromatic carbocycles. The van der Waals surface area contributed by atoms with E-state index in [1.165, 1.54) is 51.5 Å². The second kappa shape index (κ2) is 6.57. The fourth-order valence-corrected chi connectivity index (χ4v) is 4.75. The lowest BCUT2D eigenvalue weighted by atomic mass is 9.83. The van der Waals surface area contributed by atoms with Crippen LogP contribution in [0.25, 0.3) is 0 Å². The molecular weight excluding hydrogens is 250 g/mol. The van der Waals surface area contributed by atoms with Crippen molar-refractivity contribution in [3.8, 4) is 0 Å². The summed E-state index contributed by atoms with van der Waals surface area (Å²) in [5.41, 5.74) is 0. The van der Waals surface area contributed by atoms with Gasteiger partial charge in [-0.2, -0.15) is 0 Å². The average Bonchev–Trinajstić information content (AvgIpc) is 2.93. The Morgan fingerprint density at radius 3 is 2.70 bits per heavy atom. The number of ether oxygens (including phenoxy) is 1. The number of hydrogen-bond donors (Lipinski definition) is 0. The first-order chi connectivity index (χ1) is 9.79. The molecule has 0 aromatic rings. The molecule has 0 radical (unpaired) electrons. The van der Waals surface area contributed by atoms with Gasteiger partial charge in [0.1, 0.15) is 5.78 Å². The fraction of sp³-hybridized carbons (Fsp3) is 0.941. The van der Waals surface area contributed by atoms with Gasteiger partial charge in [0.2, 0.25) is 0 Å². The third-order valence-corrected chi connectivity index (χ3v) is 5.81. The molecular formula is C17H29NO2. The van der Waals surface area contributed by atoms with Gasteiger partial charge >= 0.3 is 0 Å². The van der Waals surface area contributed by atoms with Gasteiger partial charge in [-0.15, -0.1) is 0 Å². The van der Waals surface area contributed by atoms with E-state index in [1.54, 1.807) is 0 Å². The summed E-state index contributed by atoms with van der Waals surface area (Å²) in [4.78, 5) is 14.9. The third-order valence-electron chi connectivity index (χ3n) is 5.81. The van der Waals surface area contributed by atoms with Crippen LogP contribution in [0.15, 0.2) is 0 Å². The summed E-state index contributed by atoms with van der Waals surface area (Å²) >= 11 is 0. The van der Waals surface area contributed by atoms with Gasteiger partial charge in [-0.25, -0.2) is 0 Å². The number of nitrogens with zero attached hydrogens (tertiary/aromatic N) is 1. The van der Waals surface area contributed by atoms with Crippen molar-refractivity contribution in [2.45, 2.75) is 82.4 Å². The quantitative estimate of drug-likeness (QED) is 0.794. The van der Waals surface area contributed by atoms with Gasteiger partial charge in [-0.3, -0.25) is 9.69 Å². The molecule has 3 heteroatoms. The van der Waals surface area contributed by atoms with Crippen LogP contribution in [0.4, 0.5) is 0 Å². The van der Waals surface area contributed by atoms with Crippen LogP contribution >= 0.6 is 0 Å². The second-order valence-electron chi connectivity index (χ2n) is 6.94. The van der Waals surface area contributed by atoms with Crippen molar-refractivity contribution in [3.63, 3.8) is 0 Å². The molecule has 0 spiro atoms. The second-order valence-corrected chi connectivity index (χ2v) is 6.94. The van der Waals surface area contributed by atoms with E-state index in [1.807, 2.05) is 7.11 Å². The monoisotopic (exact) mass is 279 g/mol. The van der Waals surface area contributed by atoms with Crippen molar-refractivity contribution >= 4 is 5.78 Å². The molecule has 114 valence electrons. The zero-order valence-corrected chi connectivity index (χ0v) is 12.9. The summed E-state index contributed by atoms with van der Waals surface area (Å²) in [7, 11) is 1.85. The van der Waals surface area contributed by atoms with Crippen LogP contribution in [0.2, 0.25) is 0 Å². The lowest BCUT2D eigenvalue weighted by molar-refractivity contribution is -0.124. The molecule has 3 fully saturated rings. The molecule has 0 N–H and O–H groups in total. The maximum Gasteiger partial charge on any atom is 0.137 e. The van der Waals surface area contributed by atoms with Gasteiger partial charge < -0.3 is 4.74 Å². The molecule has 2 aliphatic carbocycles. The highest BCUT2D eigenvalue weighted by Crippen LogP contribution is 2.36. The highest BCUT2D eigenvalue weighted by atomic mass is 16.5. The first kappa shape index (κ1) is 14.5. The molecule has 3 rings (SSSR count). The standard InChI is InChI=1S/C17H29NO2/c1-20-14-7-4-6-13(12-14)18-11-3-2-9-16(18)15-8-5-10-17(15)19/h13-16H,2-12H2,1H3. The smallest absolute Gasteiger partial charge is 0.137 e. The largest absolute Gasteiger partial charge is 0.381 e. The van der Waals surface area contributed by atoms with Gasteiger partial charge in [-0.05, 0) is 57.9 Å². The Hall–Kier alpha value is -0.410. The Morgan fingerprint density at radius 2 is 1.95 bits per heavy atom. The predicted octanol–water partition coefficient (Wildman–Crippen LogP) is 3.17. The molecule has 4 atom stereocenters. The van der Waals surface area contributed by atoms with Crippen molar-refractivity contribution in [2.24, 2.45) is 5.92 Å². The van der Waals surface area contributed by atoms with E-state index in [-0.39, 0.29) is 0 Å². The number of methoxy groups -OCH3 is 1. The molecule has 0 amide bonds. The Balaban J connectivity index is 1.69. The van der Waals surface area contributed by atoms with Crippen LogP contribution in [-0.2, 0) is 9.53 Å². The zero-order valence-electron chi connectivity index (χ0n) is 12.9. The Morgan fingerprint density at radius 1 is 1.05 bits per heavy atom. The molecule has 3 nitrogen and oxygen atoms in total. The van der Waals surface area contributed by atoms with E-state index in [0.717, 1.165) is 19.3 Å². The maximum absolute atomic E-state index is 12.2. The lowest BCUT2D eigenvalue weighted by Crippen LogP contribution is -2.52. The van der Waals surface area contributed by atoms with Crippen LogP contribution in [0.3, 0.4) is 0 Å².